The van der Waals surface area contributed by atoms with Crippen molar-refractivity contribution in [2.45, 2.75) is 20.5 Å². The van der Waals surface area contributed by atoms with E-state index in [1.54, 1.807) is 25.1 Å². The fourth-order valence-corrected chi connectivity index (χ4v) is 1.96. The summed E-state index contributed by atoms with van der Waals surface area (Å²) in [5, 5.41) is 0.601. The van der Waals surface area contributed by atoms with Crippen LogP contribution >= 0.6 is 11.6 Å². The van der Waals surface area contributed by atoms with Crippen molar-refractivity contribution in [2.24, 2.45) is 5.84 Å². The number of hydrazine groups is 1. The summed E-state index contributed by atoms with van der Waals surface area (Å²) < 4.78 is 11.1. The van der Waals surface area contributed by atoms with Crippen molar-refractivity contribution in [1.29, 1.82) is 0 Å². The molecule has 0 aliphatic rings. The number of aryl methyl sites for hydroxylation is 2. The van der Waals surface area contributed by atoms with E-state index < -0.39 is 5.91 Å². The second-order valence-corrected chi connectivity index (χ2v) is 4.79. The van der Waals surface area contributed by atoms with Crippen molar-refractivity contribution in [3.8, 4) is 5.75 Å². The maximum Gasteiger partial charge on any atom is 0.268 e. The van der Waals surface area contributed by atoms with E-state index in [0.717, 1.165) is 5.56 Å². The SMILES string of the molecule is Cc1ccc(Cl)cc1OCc1cc(C(=O)NN)c(C)o1. The summed E-state index contributed by atoms with van der Waals surface area (Å²) in [7, 11) is 0. The molecular formula is C14H15ClN2O3. The van der Waals surface area contributed by atoms with Crippen molar-refractivity contribution >= 4 is 17.5 Å². The van der Waals surface area contributed by atoms with Gasteiger partial charge < -0.3 is 9.15 Å². The molecule has 20 heavy (non-hydrogen) atoms. The van der Waals surface area contributed by atoms with Crippen LogP contribution in [-0.2, 0) is 6.61 Å². The first-order valence-corrected chi connectivity index (χ1v) is 6.38. The van der Waals surface area contributed by atoms with Crippen LogP contribution in [0.25, 0.3) is 0 Å². The number of benzene rings is 1. The van der Waals surface area contributed by atoms with Crippen molar-refractivity contribution in [1.82, 2.24) is 5.43 Å². The van der Waals surface area contributed by atoms with Gasteiger partial charge in [0, 0.05) is 5.02 Å². The van der Waals surface area contributed by atoms with E-state index in [4.69, 9.17) is 26.6 Å². The summed E-state index contributed by atoms with van der Waals surface area (Å²) in [6.45, 7) is 3.82. The molecule has 0 saturated heterocycles. The van der Waals surface area contributed by atoms with E-state index in [1.165, 1.54) is 0 Å². The van der Waals surface area contributed by atoms with Crippen molar-refractivity contribution in [2.75, 3.05) is 0 Å². The average molecular weight is 295 g/mol. The first-order valence-electron chi connectivity index (χ1n) is 6.00. The van der Waals surface area contributed by atoms with Gasteiger partial charge in [-0.15, -0.1) is 0 Å². The third kappa shape index (κ3) is 3.12. The fourth-order valence-electron chi connectivity index (χ4n) is 1.80. The number of ether oxygens (including phenoxy) is 1. The molecule has 0 saturated carbocycles. The molecule has 0 fully saturated rings. The third-order valence-corrected chi connectivity index (χ3v) is 3.10. The molecule has 3 N–H and O–H groups in total. The van der Waals surface area contributed by atoms with Crippen LogP contribution in [0.4, 0.5) is 0 Å². The van der Waals surface area contributed by atoms with Gasteiger partial charge in [-0.3, -0.25) is 10.2 Å². The predicted octanol–water partition coefficient (Wildman–Crippen LogP) is 2.73. The minimum Gasteiger partial charge on any atom is -0.485 e. The summed E-state index contributed by atoms with van der Waals surface area (Å²) in [6, 6.07) is 7.01. The summed E-state index contributed by atoms with van der Waals surface area (Å²) in [5.74, 6) is 6.42. The van der Waals surface area contributed by atoms with Gasteiger partial charge in [-0.1, -0.05) is 17.7 Å². The number of nitrogens with two attached hydrogens (primary N) is 1. The Morgan fingerprint density at radius 1 is 1.40 bits per heavy atom. The molecule has 0 atom stereocenters. The van der Waals surface area contributed by atoms with E-state index >= 15 is 0 Å². The second-order valence-electron chi connectivity index (χ2n) is 4.35. The first-order chi connectivity index (χ1) is 9.51. The lowest BCUT2D eigenvalue weighted by molar-refractivity contribution is 0.0952. The lowest BCUT2D eigenvalue weighted by Gasteiger charge is -2.07. The number of carbonyl (C=O) groups is 1. The molecule has 6 heteroatoms. The van der Waals surface area contributed by atoms with E-state index in [-0.39, 0.29) is 6.61 Å². The largest absolute Gasteiger partial charge is 0.485 e. The van der Waals surface area contributed by atoms with Crippen LogP contribution in [-0.4, -0.2) is 5.91 Å². The third-order valence-electron chi connectivity index (χ3n) is 2.86. The first kappa shape index (κ1) is 14.4. The maximum atomic E-state index is 11.5. The number of furan rings is 1. The summed E-state index contributed by atoms with van der Waals surface area (Å²) >= 11 is 5.92. The normalized spacial score (nSPS) is 10.4. The van der Waals surface area contributed by atoms with Gasteiger partial charge in [-0.05, 0) is 37.6 Å². The minimum atomic E-state index is -0.392. The lowest BCUT2D eigenvalue weighted by Crippen LogP contribution is -2.30. The Bertz CT molecular complexity index is 637. The molecule has 2 rings (SSSR count). The highest BCUT2D eigenvalue weighted by atomic mass is 35.5. The van der Waals surface area contributed by atoms with E-state index in [1.807, 2.05) is 13.0 Å². The second kappa shape index (κ2) is 5.98. The van der Waals surface area contributed by atoms with Gasteiger partial charge in [0.2, 0.25) is 0 Å². The smallest absolute Gasteiger partial charge is 0.268 e. The van der Waals surface area contributed by atoms with Gasteiger partial charge in [0.1, 0.15) is 23.9 Å². The van der Waals surface area contributed by atoms with Gasteiger partial charge in [-0.2, -0.15) is 0 Å². The number of nitrogens with one attached hydrogen (secondary N) is 1. The van der Waals surface area contributed by atoms with Crippen LogP contribution < -0.4 is 16.0 Å². The molecule has 0 unspecified atom stereocenters. The summed E-state index contributed by atoms with van der Waals surface area (Å²) in [6.07, 6.45) is 0. The Morgan fingerprint density at radius 3 is 2.85 bits per heavy atom. The quantitative estimate of drug-likeness (QED) is 0.516. The Morgan fingerprint density at radius 2 is 2.15 bits per heavy atom. The number of nitrogen functional groups attached to an aromatic ring is 1. The molecule has 2 aromatic rings. The van der Waals surface area contributed by atoms with Crippen LogP contribution in [0.15, 0.2) is 28.7 Å². The van der Waals surface area contributed by atoms with Crippen molar-refractivity contribution in [3.05, 3.63) is 51.9 Å². The maximum absolute atomic E-state index is 11.5. The van der Waals surface area contributed by atoms with Gasteiger partial charge in [-0.25, -0.2) is 5.84 Å². The zero-order chi connectivity index (χ0) is 14.7. The van der Waals surface area contributed by atoms with Crippen LogP contribution in [0.3, 0.4) is 0 Å². The molecular weight excluding hydrogens is 280 g/mol. The average Bonchev–Trinajstić information content (AvgIpc) is 2.80. The summed E-state index contributed by atoms with van der Waals surface area (Å²) in [5.41, 5.74) is 3.44. The molecule has 5 nitrogen and oxygen atoms in total. The lowest BCUT2D eigenvalue weighted by atomic mass is 10.2. The Labute approximate surface area is 121 Å². The van der Waals surface area contributed by atoms with E-state index in [9.17, 15) is 4.79 Å². The number of carbonyl (C=O) groups excluding carboxylic acids is 1. The van der Waals surface area contributed by atoms with Gasteiger partial charge >= 0.3 is 0 Å². The predicted molar refractivity (Wildman–Crippen MR) is 75.6 cm³/mol. The highest BCUT2D eigenvalue weighted by Gasteiger charge is 2.14. The monoisotopic (exact) mass is 294 g/mol. The zero-order valence-corrected chi connectivity index (χ0v) is 12.0. The molecule has 106 valence electrons. The van der Waals surface area contributed by atoms with Gasteiger partial charge in [0.15, 0.2) is 0 Å². The molecule has 1 aromatic carbocycles. The molecule has 0 spiro atoms. The Balaban J connectivity index is 2.11. The number of rotatable bonds is 4. The van der Waals surface area contributed by atoms with Gasteiger partial charge in [0.25, 0.3) is 5.91 Å². The van der Waals surface area contributed by atoms with Gasteiger partial charge in [0.05, 0.1) is 5.56 Å². The Kier molecular flexibility index (Phi) is 4.32. The molecule has 1 aromatic heterocycles. The minimum absolute atomic E-state index is 0.208. The molecule has 0 aliphatic heterocycles. The molecule has 1 amide bonds. The zero-order valence-electron chi connectivity index (χ0n) is 11.2. The van der Waals surface area contributed by atoms with Crippen LogP contribution in [0.1, 0.15) is 27.4 Å². The van der Waals surface area contributed by atoms with Crippen LogP contribution in [0.2, 0.25) is 5.02 Å². The molecule has 0 aliphatic carbocycles. The fraction of sp³-hybridized carbons (Fsp3) is 0.214. The van der Waals surface area contributed by atoms with Crippen LogP contribution in [0.5, 0.6) is 5.75 Å². The molecule has 0 radical (unpaired) electrons. The molecule has 0 bridgehead atoms. The number of hydrogen-bond donors (Lipinski definition) is 2. The molecule has 1 heterocycles. The van der Waals surface area contributed by atoms with E-state index in [0.29, 0.717) is 27.9 Å². The highest BCUT2D eigenvalue weighted by Crippen LogP contribution is 2.24. The number of halogens is 1. The van der Waals surface area contributed by atoms with Crippen molar-refractivity contribution < 1.29 is 13.9 Å². The number of amides is 1. The van der Waals surface area contributed by atoms with Crippen LogP contribution in [0, 0.1) is 13.8 Å². The van der Waals surface area contributed by atoms with Crippen molar-refractivity contribution in [3.63, 3.8) is 0 Å². The highest BCUT2D eigenvalue weighted by molar-refractivity contribution is 6.30. The summed E-state index contributed by atoms with van der Waals surface area (Å²) in [4.78, 5) is 11.5. The Hall–Kier alpha value is -1.98. The van der Waals surface area contributed by atoms with E-state index in [2.05, 4.69) is 5.43 Å². The standard InChI is InChI=1S/C14H15ClN2O3/c1-8-3-4-10(15)5-13(8)19-7-11-6-12(9(2)20-11)14(18)17-16/h3-6H,7,16H2,1-2H3,(H,17,18). The topological polar surface area (TPSA) is 77.5 Å². The number of hydrogen-bond acceptors (Lipinski definition) is 4.